The highest BCUT2D eigenvalue weighted by Crippen LogP contribution is 2.60. The number of para-hydroxylation sites is 2. The monoisotopic (exact) mass is 378 g/mol. The summed E-state index contributed by atoms with van der Waals surface area (Å²) in [5.41, 5.74) is 7.58. The van der Waals surface area contributed by atoms with Crippen LogP contribution < -0.4 is 11.1 Å². The van der Waals surface area contributed by atoms with E-state index in [0.717, 1.165) is 30.3 Å². The third kappa shape index (κ3) is 3.05. The number of nitrogens with zero attached hydrogens (tertiary/aromatic N) is 2. The second-order valence-corrected chi connectivity index (χ2v) is 9.18. The van der Waals surface area contributed by atoms with Gasteiger partial charge in [-0.25, -0.2) is 4.98 Å². The number of primary amides is 1. The van der Waals surface area contributed by atoms with Gasteiger partial charge in [-0.3, -0.25) is 14.6 Å². The quantitative estimate of drug-likeness (QED) is 0.834. The first-order chi connectivity index (χ1) is 13.5. The van der Waals surface area contributed by atoms with E-state index in [1.165, 1.54) is 19.3 Å². The van der Waals surface area contributed by atoms with Crippen LogP contribution in [0.4, 0.5) is 0 Å². The number of carbonyl (C=O) groups is 2. The van der Waals surface area contributed by atoms with E-state index in [4.69, 9.17) is 5.73 Å². The van der Waals surface area contributed by atoms with E-state index < -0.39 is 11.9 Å². The molecule has 28 heavy (non-hydrogen) atoms. The van der Waals surface area contributed by atoms with Gasteiger partial charge in [-0.05, 0) is 68.4 Å². The van der Waals surface area contributed by atoms with Crippen molar-refractivity contribution in [2.75, 3.05) is 0 Å². The Hall–Kier alpha value is -2.50. The molecule has 0 spiro atoms. The zero-order valence-corrected chi connectivity index (χ0v) is 15.9. The maximum Gasteiger partial charge on any atom is 0.240 e. The molecule has 6 heteroatoms. The van der Waals surface area contributed by atoms with Crippen LogP contribution in [-0.4, -0.2) is 27.8 Å². The van der Waals surface area contributed by atoms with Crippen LogP contribution in [0, 0.1) is 23.2 Å². The van der Waals surface area contributed by atoms with Gasteiger partial charge in [0, 0.05) is 18.0 Å². The summed E-state index contributed by atoms with van der Waals surface area (Å²) in [4.78, 5) is 34.3. The highest BCUT2D eigenvalue weighted by atomic mass is 16.2. The SMILES string of the molecule is NC(=O)[C@@H](Cc1cnc2ccccc2n1)NC(=O)C12CC3CC(CC(C3)C1)C2. The van der Waals surface area contributed by atoms with Crippen molar-refractivity contribution in [3.8, 4) is 0 Å². The standard InChI is InChI=1S/C22H26N4O2/c23-20(27)19(8-16-12-24-17-3-1-2-4-18(17)25-16)26-21(28)22-9-13-5-14(10-22)7-15(6-13)11-22/h1-4,12-15,19H,5-11H2,(H2,23,27)(H,26,28)/t13?,14?,15?,19-,22?/m1/s1. The molecule has 0 unspecified atom stereocenters. The lowest BCUT2D eigenvalue weighted by Gasteiger charge is -2.55. The molecule has 1 aromatic carbocycles. The number of benzene rings is 1. The van der Waals surface area contributed by atoms with E-state index in [1.807, 2.05) is 24.3 Å². The Morgan fingerprint density at radius 3 is 2.29 bits per heavy atom. The number of nitrogens with two attached hydrogens (primary N) is 1. The summed E-state index contributed by atoms with van der Waals surface area (Å²) in [5, 5.41) is 2.99. The largest absolute Gasteiger partial charge is 0.368 e. The van der Waals surface area contributed by atoms with Gasteiger partial charge in [-0.1, -0.05) is 12.1 Å². The Kier molecular flexibility index (Phi) is 4.11. The van der Waals surface area contributed by atoms with Gasteiger partial charge in [0.05, 0.1) is 16.7 Å². The van der Waals surface area contributed by atoms with Gasteiger partial charge in [0.2, 0.25) is 11.8 Å². The Bertz CT molecular complexity index is 906. The second-order valence-electron chi connectivity index (χ2n) is 9.18. The number of fused-ring (bicyclic) bond motifs is 1. The van der Waals surface area contributed by atoms with Gasteiger partial charge in [-0.2, -0.15) is 0 Å². The van der Waals surface area contributed by atoms with Gasteiger partial charge in [-0.15, -0.1) is 0 Å². The van der Waals surface area contributed by atoms with Crippen LogP contribution in [0.1, 0.15) is 44.2 Å². The van der Waals surface area contributed by atoms with E-state index >= 15 is 0 Å². The van der Waals surface area contributed by atoms with Gasteiger partial charge >= 0.3 is 0 Å². The number of hydrogen-bond donors (Lipinski definition) is 2. The highest BCUT2D eigenvalue weighted by Gasteiger charge is 2.54. The van der Waals surface area contributed by atoms with E-state index in [0.29, 0.717) is 23.4 Å². The zero-order chi connectivity index (χ0) is 19.3. The van der Waals surface area contributed by atoms with Crippen LogP contribution in [0.25, 0.3) is 11.0 Å². The first-order valence-corrected chi connectivity index (χ1v) is 10.3. The summed E-state index contributed by atoms with van der Waals surface area (Å²) in [6.45, 7) is 0. The molecule has 2 amide bonds. The van der Waals surface area contributed by atoms with Crippen LogP contribution in [0.5, 0.6) is 0 Å². The van der Waals surface area contributed by atoms with Crippen LogP contribution in [0.3, 0.4) is 0 Å². The van der Waals surface area contributed by atoms with Crippen molar-refractivity contribution in [1.29, 1.82) is 0 Å². The summed E-state index contributed by atoms with van der Waals surface area (Å²) >= 11 is 0. The van der Waals surface area contributed by atoms with Crippen LogP contribution in [0.2, 0.25) is 0 Å². The first kappa shape index (κ1) is 17.6. The fraction of sp³-hybridized carbons (Fsp3) is 0.545. The number of hydrogen-bond acceptors (Lipinski definition) is 4. The predicted octanol–water partition coefficient (Wildman–Crippen LogP) is 2.36. The molecule has 4 saturated carbocycles. The molecule has 2 aromatic rings. The Morgan fingerprint density at radius 2 is 1.68 bits per heavy atom. The highest BCUT2D eigenvalue weighted by molar-refractivity contribution is 5.90. The van der Waals surface area contributed by atoms with Gasteiger partial charge in [0.15, 0.2) is 0 Å². The van der Waals surface area contributed by atoms with Crippen molar-refractivity contribution in [3.63, 3.8) is 0 Å². The summed E-state index contributed by atoms with van der Waals surface area (Å²) in [5.74, 6) is 1.53. The smallest absolute Gasteiger partial charge is 0.240 e. The van der Waals surface area contributed by atoms with E-state index in [-0.39, 0.29) is 17.7 Å². The molecule has 1 atom stereocenters. The minimum atomic E-state index is -0.754. The molecule has 0 radical (unpaired) electrons. The lowest BCUT2D eigenvalue weighted by molar-refractivity contribution is -0.148. The average Bonchev–Trinajstić information content (AvgIpc) is 2.66. The molecule has 3 N–H and O–H groups in total. The third-order valence-electron chi connectivity index (χ3n) is 7.08. The number of nitrogens with one attached hydrogen (secondary N) is 1. The molecule has 6 nitrogen and oxygen atoms in total. The first-order valence-electron chi connectivity index (χ1n) is 10.3. The molecule has 4 fully saturated rings. The normalized spacial score (nSPS) is 31.6. The topological polar surface area (TPSA) is 98.0 Å². The van der Waals surface area contributed by atoms with Crippen molar-refractivity contribution in [3.05, 3.63) is 36.2 Å². The molecular formula is C22H26N4O2. The van der Waals surface area contributed by atoms with Crippen molar-refractivity contribution in [2.24, 2.45) is 28.9 Å². The second kappa shape index (κ2) is 6.54. The summed E-state index contributed by atoms with van der Waals surface area (Å²) in [6, 6.07) is 6.84. The Balaban J connectivity index is 1.34. The van der Waals surface area contributed by atoms with Gasteiger partial charge in [0.1, 0.15) is 6.04 Å². The molecule has 0 aliphatic heterocycles. The molecule has 146 valence electrons. The average molecular weight is 378 g/mol. The van der Waals surface area contributed by atoms with Gasteiger partial charge < -0.3 is 11.1 Å². The summed E-state index contributed by atoms with van der Waals surface area (Å²) in [7, 11) is 0. The fourth-order valence-electron chi connectivity index (χ4n) is 6.23. The minimum absolute atomic E-state index is 0.0177. The van der Waals surface area contributed by atoms with Crippen molar-refractivity contribution in [1.82, 2.24) is 15.3 Å². The predicted molar refractivity (Wildman–Crippen MR) is 105 cm³/mol. The maximum absolute atomic E-state index is 13.3. The minimum Gasteiger partial charge on any atom is -0.368 e. The third-order valence-corrected chi connectivity index (χ3v) is 7.08. The van der Waals surface area contributed by atoms with Crippen molar-refractivity contribution in [2.45, 2.75) is 51.0 Å². The molecule has 0 saturated heterocycles. The Morgan fingerprint density at radius 1 is 1.07 bits per heavy atom. The molecule has 6 rings (SSSR count). The van der Waals surface area contributed by atoms with Crippen LogP contribution in [0.15, 0.2) is 30.5 Å². The Labute approximate surface area is 164 Å². The molecule has 4 bridgehead atoms. The van der Waals surface area contributed by atoms with Crippen LogP contribution in [-0.2, 0) is 16.0 Å². The molecule has 4 aliphatic rings. The van der Waals surface area contributed by atoms with Crippen molar-refractivity contribution >= 4 is 22.8 Å². The number of amides is 2. The molecule has 1 aromatic heterocycles. The number of carbonyl (C=O) groups excluding carboxylic acids is 2. The fourth-order valence-corrected chi connectivity index (χ4v) is 6.23. The molecular weight excluding hydrogens is 352 g/mol. The maximum atomic E-state index is 13.3. The van der Waals surface area contributed by atoms with Crippen molar-refractivity contribution < 1.29 is 9.59 Å². The summed E-state index contributed by atoms with van der Waals surface area (Å²) in [6.07, 6.45) is 8.65. The lowest BCUT2D eigenvalue weighted by atomic mass is 9.49. The number of rotatable bonds is 5. The molecule has 1 heterocycles. The van der Waals surface area contributed by atoms with E-state index in [1.54, 1.807) is 6.20 Å². The van der Waals surface area contributed by atoms with Crippen LogP contribution >= 0.6 is 0 Å². The van der Waals surface area contributed by atoms with Gasteiger partial charge in [0.25, 0.3) is 0 Å². The van der Waals surface area contributed by atoms with E-state index in [9.17, 15) is 9.59 Å². The number of aromatic nitrogens is 2. The lowest BCUT2D eigenvalue weighted by Crippen LogP contribution is -2.57. The summed E-state index contributed by atoms with van der Waals surface area (Å²) < 4.78 is 0. The van der Waals surface area contributed by atoms with E-state index in [2.05, 4.69) is 15.3 Å². The molecule has 4 aliphatic carbocycles. The zero-order valence-electron chi connectivity index (χ0n) is 15.9.